The van der Waals surface area contributed by atoms with Crippen LogP contribution in [0.3, 0.4) is 0 Å². The van der Waals surface area contributed by atoms with Gasteiger partial charge in [-0.15, -0.1) is 0 Å². The van der Waals surface area contributed by atoms with E-state index in [1.165, 1.54) is 0 Å². The highest BCUT2D eigenvalue weighted by atomic mass is 32.1. The van der Waals surface area contributed by atoms with E-state index in [-0.39, 0.29) is 11.9 Å². The second-order valence-corrected chi connectivity index (χ2v) is 4.50. The summed E-state index contributed by atoms with van der Waals surface area (Å²) in [5.41, 5.74) is 0. The number of hydrogen-bond donors (Lipinski definition) is 3. The number of amides is 1. The molecule has 5 heteroatoms. The average Bonchev–Trinajstić information content (AvgIpc) is 2.45. The van der Waals surface area contributed by atoms with Gasteiger partial charge < -0.3 is 16.0 Å². The highest BCUT2D eigenvalue weighted by Crippen LogP contribution is 2.04. The van der Waals surface area contributed by atoms with Crippen LogP contribution in [0, 0.1) is 0 Å². The van der Waals surface area contributed by atoms with Gasteiger partial charge in [0, 0.05) is 13.1 Å². The molecule has 92 valence electrons. The quantitative estimate of drug-likeness (QED) is 0.508. The maximum atomic E-state index is 11.6. The number of nitrogens with one attached hydrogen (secondary N) is 3. The number of rotatable bonds is 4. The lowest BCUT2D eigenvalue weighted by molar-refractivity contribution is -0.122. The SMILES string of the molecule is CCCCNC(=S)N[C@H]1CCCCNC1=O. The Labute approximate surface area is 103 Å². The third kappa shape index (κ3) is 4.79. The van der Waals surface area contributed by atoms with Crippen LogP contribution in [0.25, 0.3) is 0 Å². The number of carbonyl (C=O) groups is 1. The molecule has 1 aliphatic rings. The molecule has 1 saturated heterocycles. The molecule has 1 aliphatic heterocycles. The fourth-order valence-corrected chi connectivity index (χ4v) is 1.91. The molecule has 0 aromatic heterocycles. The zero-order chi connectivity index (χ0) is 11.8. The van der Waals surface area contributed by atoms with E-state index < -0.39 is 0 Å². The van der Waals surface area contributed by atoms with Gasteiger partial charge in [0.05, 0.1) is 0 Å². The number of unbranched alkanes of at least 4 members (excludes halogenated alkanes) is 1. The van der Waals surface area contributed by atoms with Crippen molar-refractivity contribution in [2.75, 3.05) is 13.1 Å². The average molecular weight is 243 g/mol. The molecule has 16 heavy (non-hydrogen) atoms. The van der Waals surface area contributed by atoms with Crippen LogP contribution in [0.15, 0.2) is 0 Å². The van der Waals surface area contributed by atoms with Crippen molar-refractivity contribution in [3.63, 3.8) is 0 Å². The van der Waals surface area contributed by atoms with Crippen molar-refractivity contribution in [1.29, 1.82) is 0 Å². The van der Waals surface area contributed by atoms with E-state index in [4.69, 9.17) is 12.2 Å². The number of carbonyl (C=O) groups excluding carboxylic acids is 1. The van der Waals surface area contributed by atoms with Crippen LogP contribution in [0.2, 0.25) is 0 Å². The van der Waals surface area contributed by atoms with E-state index in [2.05, 4.69) is 22.9 Å². The maximum Gasteiger partial charge on any atom is 0.242 e. The van der Waals surface area contributed by atoms with Crippen molar-refractivity contribution in [3.8, 4) is 0 Å². The van der Waals surface area contributed by atoms with Gasteiger partial charge in [0.25, 0.3) is 0 Å². The standard InChI is InChI=1S/C11H21N3OS/c1-2-3-7-13-11(16)14-9-6-4-5-8-12-10(9)15/h9H,2-8H2,1H3,(H,12,15)(H2,13,14,16)/t9-/m0/s1. The van der Waals surface area contributed by atoms with Gasteiger partial charge in [0.2, 0.25) is 5.91 Å². The zero-order valence-electron chi connectivity index (χ0n) is 9.84. The summed E-state index contributed by atoms with van der Waals surface area (Å²) < 4.78 is 0. The summed E-state index contributed by atoms with van der Waals surface area (Å²) in [6.07, 6.45) is 5.22. The van der Waals surface area contributed by atoms with E-state index in [0.29, 0.717) is 5.11 Å². The molecule has 1 atom stereocenters. The molecule has 1 amide bonds. The van der Waals surface area contributed by atoms with Crippen molar-refractivity contribution >= 4 is 23.2 Å². The predicted octanol–water partition coefficient (Wildman–Crippen LogP) is 0.919. The van der Waals surface area contributed by atoms with Crippen LogP contribution in [0.1, 0.15) is 39.0 Å². The second kappa shape index (κ2) is 7.44. The van der Waals surface area contributed by atoms with E-state index in [1.807, 2.05) is 0 Å². The molecule has 0 aromatic rings. The lowest BCUT2D eigenvalue weighted by Gasteiger charge is -2.17. The largest absolute Gasteiger partial charge is 0.363 e. The summed E-state index contributed by atoms with van der Waals surface area (Å²) in [6, 6.07) is -0.163. The third-order valence-electron chi connectivity index (χ3n) is 2.66. The monoisotopic (exact) mass is 243 g/mol. The molecule has 0 aliphatic carbocycles. The molecule has 4 nitrogen and oxygen atoms in total. The number of thiocarbonyl (C=S) groups is 1. The molecule has 1 rings (SSSR count). The number of hydrogen-bond acceptors (Lipinski definition) is 2. The van der Waals surface area contributed by atoms with E-state index in [0.717, 1.165) is 45.2 Å². The van der Waals surface area contributed by atoms with Crippen LogP contribution in [0.5, 0.6) is 0 Å². The normalized spacial score (nSPS) is 20.8. The molecule has 0 aromatic carbocycles. The molecule has 0 spiro atoms. The Kier molecular flexibility index (Phi) is 6.15. The Morgan fingerprint density at radius 1 is 1.56 bits per heavy atom. The summed E-state index contributed by atoms with van der Waals surface area (Å²) in [5.74, 6) is 0.0668. The van der Waals surface area contributed by atoms with Crippen LogP contribution in [-0.4, -0.2) is 30.2 Å². The van der Waals surface area contributed by atoms with Crippen LogP contribution >= 0.6 is 12.2 Å². The smallest absolute Gasteiger partial charge is 0.242 e. The first kappa shape index (κ1) is 13.2. The molecule has 1 fully saturated rings. The lowest BCUT2D eigenvalue weighted by Crippen LogP contribution is -2.49. The topological polar surface area (TPSA) is 53.2 Å². The van der Waals surface area contributed by atoms with Gasteiger partial charge in [0.1, 0.15) is 6.04 Å². The van der Waals surface area contributed by atoms with Gasteiger partial charge in [-0.25, -0.2) is 0 Å². The van der Waals surface area contributed by atoms with Crippen molar-refractivity contribution < 1.29 is 4.79 Å². The Morgan fingerprint density at radius 2 is 2.38 bits per heavy atom. The van der Waals surface area contributed by atoms with Crippen LogP contribution < -0.4 is 16.0 Å². The summed E-state index contributed by atoms with van der Waals surface area (Å²) in [4.78, 5) is 11.6. The van der Waals surface area contributed by atoms with Crippen LogP contribution in [0.4, 0.5) is 0 Å². The molecule has 3 N–H and O–H groups in total. The summed E-state index contributed by atoms with van der Waals surface area (Å²) >= 11 is 5.14. The van der Waals surface area contributed by atoms with Crippen molar-refractivity contribution in [2.24, 2.45) is 0 Å². The summed E-state index contributed by atoms with van der Waals surface area (Å²) in [5, 5.41) is 9.66. The Balaban J connectivity index is 2.27. The maximum absolute atomic E-state index is 11.6. The Hall–Kier alpha value is -0.840. The van der Waals surface area contributed by atoms with Crippen LogP contribution in [-0.2, 0) is 4.79 Å². The summed E-state index contributed by atoms with van der Waals surface area (Å²) in [7, 11) is 0. The van der Waals surface area contributed by atoms with E-state index in [9.17, 15) is 4.79 Å². The first-order chi connectivity index (χ1) is 7.74. The Bertz CT molecular complexity index is 245. The molecule has 0 radical (unpaired) electrons. The lowest BCUT2D eigenvalue weighted by atomic mass is 10.1. The fourth-order valence-electron chi connectivity index (χ4n) is 1.67. The molecule has 0 unspecified atom stereocenters. The summed E-state index contributed by atoms with van der Waals surface area (Å²) in [6.45, 7) is 3.79. The predicted molar refractivity (Wildman–Crippen MR) is 69.3 cm³/mol. The first-order valence-corrected chi connectivity index (χ1v) is 6.47. The van der Waals surface area contributed by atoms with Crippen molar-refractivity contribution in [2.45, 2.75) is 45.1 Å². The molecule has 0 saturated carbocycles. The molecule has 1 heterocycles. The zero-order valence-corrected chi connectivity index (χ0v) is 10.7. The minimum Gasteiger partial charge on any atom is -0.363 e. The van der Waals surface area contributed by atoms with E-state index in [1.54, 1.807) is 0 Å². The fraction of sp³-hybridized carbons (Fsp3) is 0.818. The molecule has 0 bridgehead atoms. The second-order valence-electron chi connectivity index (χ2n) is 4.09. The molecular weight excluding hydrogens is 222 g/mol. The van der Waals surface area contributed by atoms with Gasteiger partial charge in [-0.1, -0.05) is 13.3 Å². The minimum atomic E-state index is -0.163. The van der Waals surface area contributed by atoms with Crippen molar-refractivity contribution in [1.82, 2.24) is 16.0 Å². The Morgan fingerprint density at radius 3 is 3.12 bits per heavy atom. The highest BCUT2D eigenvalue weighted by Gasteiger charge is 2.20. The van der Waals surface area contributed by atoms with Gasteiger partial charge in [-0.2, -0.15) is 0 Å². The van der Waals surface area contributed by atoms with Crippen molar-refractivity contribution in [3.05, 3.63) is 0 Å². The first-order valence-electron chi connectivity index (χ1n) is 6.06. The minimum absolute atomic E-state index is 0.0668. The van der Waals surface area contributed by atoms with Gasteiger partial charge in [-0.05, 0) is 37.9 Å². The highest BCUT2D eigenvalue weighted by molar-refractivity contribution is 7.80. The van der Waals surface area contributed by atoms with E-state index >= 15 is 0 Å². The van der Waals surface area contributed by atoms with Gasteiger partial charge >= 0.3 is 0 Å². The van der Waals surface area contributed by atoms with Gasteiger partial charge in [0.15, 0.2) is 5.11 Å². The third-order valence-corrected chi connectivity index (χ3v) is 2.92. The molecular formula is C11H21N3OS. The van der Waals surface area contributed by atoms with Gasteiger partial charge in [-0.3, -0.25) is 4.79 Å².